The van der Waals surface area contributed by atoms with Crippen LogP contribution in [0.5, 0.6) is 0 Å². The van der Waals surface area contributed by atoms with Gasteiger partial charge in [0.25, 0.3) is 0 Å². The van der Waals surface area contributed by atoms with Crippen molar-refractivity contribution in [1.29, 1.82) is 0 Å². The Morgan fingerprint density at radius 1 is 1.33 bits per heavy atom. The van der Waals surface area contributed by atoms with Gasteiger partial charge in [0.15, 0.2) is 5.82 Å². The van der Waals surface area contributed by atoms with Gasteiger partial charge in [0.05, 0.1) is 18.9 Å². The minimum atomic E-state index is 0.524. The molecule has 2 aromatic heterocycles. The summed E-state index contributed by atoms with van der Waals surface area (Å²) in [6.45, 7) is 5.42. The molecular formula is C13H13ClN2OS. The van der Waals surface area contributed by atoms with E-state index >= 15 is 0 Å². The number of thiophene rings is 1. The highest BCUT2D eigenvalue weighted by molar-refractivity contribution is 7.12. The maximum atomic E-state index is 6.23. The van der Waals surface area contributed by atoms with E-state index in [-0.39, 0.29) is 0 Å². The topological polar surface area (TPSA) is 35.0 Å². The van der Waals surface area contributed by atoms with Gasteiger partial charge in [-0.15, -0.1) is 11.3 Å². The second kappa shape index (κ2) is 4.61. The van der Waals surface area contributed by atoms with E-state index in [1.54, 1.807) is 11.3 Å². The molecule has 0 atom stereocenters. The SMILES string of the molecule is Cc1cc(-c2nc(Cl)c3c(n2)CCOC3)c(C)s1. The zero-order valence-corrected chi connectivity index (χ0v) is 11.9. The summed E-state index contributed by atoms with van der Waals surface area (Å²) in [5.74, 6) is 0.738. The molecule has 1 aliphatic heterocycles. The van der Waals surface area contributed by atoms with E-state index < -0.39 is 0 Å². The Morgan fingerprint density at radius 3 is 2.89 bits per heavy atom. The number of aromatic nitrogens is 2. The molecule has 0 bridgehead atoms. The molecule has 0 unspecified atom stereocenters. The second-order valence-corrected chi connectivity index (χ2v) is 6.21. The van der Waals surface area contributed by atoms with Crippen molar-refractivity contribution in [2.24, 2.45) is 0 Å². The summed E-state index contributed by atoms with van der Waals surface area (Å²) >= 11 is 7.99. The molecule has 3 rings (SSSR count). The van der Waals surface area contributed by atoms with Gasteiger partial charge in [0.1, 0.15) is 5.15 Å². The molecule has 0 aliphatic carbocycles. The Bertz CT molecular complexity index is 609. The quantitative estimate of drug-likeness (QED) is 0.750. The van der Waals surface area contributed by atoms with Gasteiger partial charge in [0, 0.05) is 27.3 Å². The highest BCUT2D eigenvalue weighted by Gasteiger charge is 2.19. The highest BCUT2D eigenvalue weighted by Crippen LogP contribution is 2.31. The first kappa shape index (κ1) is 12.1. The van der Waals surface area contributed by atoms with Crippen molar-refractivity contribution in [3.63, 3.8) is 0 Å². The van der Waals surface area contributed by atoms with Crippen LogP contribution in [0.15, 0.2) is 6.07 Å². The maximum Gasteiger partial charge on any atom is 0.162 e. The lowest BCUT2D eigenvalue weighted by Gasteiger charge is -2.17. The monoisotopic (exact) mass is 280 g/mol. The third-order valence-corrected chi connectivity index (χ3v) is 4.33. The Morgan fingerprint density at radius 2 is 2.17 bits per heavy atom. The number of halogens is 1. The van der Waals surface area contributed by atoms with Gasteiger partial charge in [-0.25, -0.2) is 9.97 Å². The van der Waals surface area contributed by atoms with E-state index in [0.29, 0.717) is 18.4 Å². The fraction of sp³-hybridized carbons (Fsp3) is 0.385. The summed E-state index contributed by atoms with van der Waals surface area (Å²) in [6.07, 6.45) is 0.812. The average Bonchev–Trinajstić information content (AvgIpc) is 2.68. The fourth-order valence-corrected chi connectivity index (χ4v) is 3.33. The van der Waals surface area contributed by atoms with E-state index in [2.05, 4.69) is 29.9 Å². The Balaban J connectivity index is 2.13. The highest BCUT2D eigenvalue weighted by atomic mass is 35.5. The van der Waals surface area contributed by atoms with Crippen LogP contribution in [0.4, 0.5) is 0 Å². The third kappa shape index (κ3) is 2.05. The van der Waals surface area contributed by atoms with Gasteiger partial charge in [-0.1, -0.05) is 11.6 Å². The molecular weight excluding hydrogens is 268 g/mol. The number of aryl methyl sites for hydroxylation is 2. The molecule has 18 heavy (non-hydrogen) atoms. The summed E-state index contributed by atoms with van der Waals surface area (Å²) < 4.78 is 5.39. The molecule has 0 saturated carbocycles. The second-order valence-electron chi connectivity index (χ2n) is 4.39. The van der Waals surface area contributed by atoms with Crippen molar-refractivity contribution in [1.82, 2.24) is 9.97 Å². The third-order valence-electron chi connectivity index (χ3n) is 3.05. The number of hydrogen-bond donors (Lipinski definition) is 0. The Kier molecular flexibility index (Phi) is 3.09. The average molecular weight is 281 g/mol. The lowest BCUT2D eigenvalue weighted by atomic mass is 10.1. The summed E-state index contributed by atoms with van der Waals surface area (Å²) in [7, 11) is 0. The van der Waals surface area contributed by atoms with E-state index in [4.69, 9.17) is 16.3 Å². The van der Waals surface area contributed by atoms with Crippen molar-refractivity contribution in [2.75, 3.05) is 6.61 Å². The van der Waals surface area contributed by atoms with Crippen LogP contribution in [0.3, 0.4) is 0 Å². The lowest BCUT2D eigenvalue weighted by Crippen LogP contribution is -2.14. The number of fused-ring (bicyclic) bond motifs is 1. The fourth-order valence-electron chi connectivity index (χ4n) is 2.17. The van der Waals surface area contributed by atoms with Crippen molar-refractivity contribution >= 4 is 22.9 Å². The molecule has 0 aromatic carbocycles. The van der Waals surface area contributed by atoms with E-state index in [1.165, 1.54) is 9.75 Å². The predicted octanol–water partition coefficient (Wildman–Crippen LogP) is 3.55. The molecule has 0 radical (unpaired) electrons. The largest absolute Gasteiger partial charge is 0.376 e. The maximum absolute atomic E-state index is 6.23. The van der Waals surface area contributed by atoms with Crippen LogP contribution in [0.2, 0.25) is 5.15 Å². The summed E-state index contributed by atoms with van der Waals surface area (Å²) in [6, 6.07) is 2.12. The molecule has 0 fully saturated rings. The zero-order chi connectivity index (χ0) is 12.7. The molecule has 3 nitrogen and oxygen atoms in total. The van der Waals surface area contributed by atoms with Crippen LogP contribution in [-0.4, -0.2) is 16.6 Å². The molecule has 94 valence electrons. The molecule has 0 N–H and O–H groups in total. The van der Waals surface area contributed by atoms with Crippen LogP contribution in [-0.2, 0) is 17.8 Å². The van der Waals surface area contributed by atoms with Gasteiger partial charge < -0.3 is 4.74 Å². The van der Waals surface area contributed by atoms with Crippen molar-refractivity contribution in [2.45, 2.75) is 26.9 Å². The van der Waals surface area contributed by atoms with Crippen LogP contribution in [0.25, 0.3) is 11.4 Å². The van der Waals surface area contributed by atoms with E-state index in [0.717, 1.165) is 29.1 Å². The molecule has 3 heterocycles. The predicted molar refractivity (Wildman–Crippen MR) is 73.2 cm³/mol. The number of ether oxygens (including phenoxy) is 1. The molecule has 1 aliphatic rings. The standard InChI is InChI=1S/C13H13ClN2OS/c1-7-5-9(8(2)18-7)13-15-11-3-4-17-6-10(11)12(14)16-13/h5H,3-4,6H2,1-2H3. The molecule has 0 spiro atoms. The minimum Gasteiger partial charge on any atom is -0.376 e. The van der Waals surface area contributed by atoms with Crippen molar-refractivity contribution in [3.05, 3.63) is 32.2 Å². The number of nitrogens with zero attached hydrogens (tertiary/aromatic N) is 2. The normalized spacial score (nSPS) is 14.6. The van der Waals surface area contributed by atoms with E-state index in [9.17, 15) is 0 Å². The summed E-state index contributed by atoms with van der Waals surface area (Å²) in [4.78, 5) is 11.6. The first-order valence-electron chi connectivity index (χ1n) is 5.85. The molecule has 0 saturated heterocycles. The lowest BCUT2D eigenvalue weighted by molar-refractivity contribution is 0.109. The van der Waals surface area contributed by atoms with Crippen molar-refractivity contribution < 1.29 is 4.74 Å². The summed E-state index contributed by atoms with van der Waals surface area (Å²) in [5, 5.41) is 0.526. The van der Waals surface area contributed by atoms with Crippen LogP contribution >= 0.6 is 22.9 Å². The Hall–Kier alpha value is -0.970. The minimum absolute atomic E-state index is 0.524. The zero-order valence-electron chi connectivity index (χ0n) is 10.3. The summed E-state index contributed by atoms with van der Waals surface area (Å²) in [5.41, 5.74) is 3.06. The molecule has 2 aromatic rings. The van der Waals surface area contributed by atoms with Crippen LogP contribution in [0.1, 0.15) is 21.0 Å². The van der Waals surface area contributed by atoms with Gasteiger partial charge in [-0.2, -0.15) is 0 Å². The molecule has 0 amide bonds. The van der Waals surface area contributed by atoms with Crippen LogP contribution < -0.4 is 0 Å². The van der Waals surface area contributed by atoms with Crippen molar-refractivity contribution in [3.8, 4) is 11.4 Å². The van der Waals surface area contributed by atoms with E-state index in [1.807, 2.05) is 0 Å². The first-order chi connectivity index (χ1) is 8.65. The first-order valence-corrected chi connectivity index (χ1v) is 7.05. The smallest absolute Gasteiger partial charge is 0.162 e. The number of hydrogen-bond acceptors (Lipinski definition) is 4. The van der Waals surface area contributed by atoms with Crippen LogP contribution in [0, 0.1) is 13.8 Å². The van der Waals surface area contributed by atoms with Gasteiger partial charge in [-0.3, -0.25) is 0 Å². The van der Waals surface area contributed by atoms with Gasteiger partial charge in [-0.05, 0) is 19.9 Å². The Labute approximate surface area is 115 Å². The van der Waals surface area contributed by atoms with Gasteiger partial charge in [0.2, 0.25) is 0 Å². The van der Waals surface area contributed by atoms with Gasteiger partial charge >= 0.3 is 0 Å². The molecule has 5 heteroatoms. The number of rotatable bonds is 1.